The maximum atomic E-state index is 9.56. The molecular weight excluding hydrogens is 647 g/mol. The molecule has 0 saturated carbocycles. The molecule has 7 aromatic carbocycles. The van der Waals surface area contributed by atoms with E-state index in [0.29, 0.717) is 33.9 Å². The number of hydrogen-bond acceptors (Lipinski definition) is 6. The summed E-state index contributed by atoms with van der Waals surface area (Å²) in [5.74, 6) is 0.699. The Hall–Kier alpha value is -6.63. The van der Waals surface area contributed by atoms with Crippen LogP contribution < -0.4 is 0 Å². The van der Waals surface area contributed by atoms with Crippen molar-refractivity contribution in [2.24, 2.45) is 0 Å². The molecule has 0 N–H and O–H groups in total. The fraction of sp³-hybridized carbons (Fsp3) is 0. The number of para-hydroxylation sites is 2. The van der Waals surface area contributed by atoms with Crippen molar-refractivity contribution in [1.82, 2.24) is 15.0 Å². The van der Waals surface area contributed by atoms with E-state index in [1.165, 1.54) is 0 Å². The molecule has 0 atom stereocenters. The van der Waals surface area contributed by atoms with Crippen molar-refractivity contribution in [2.75, 3.05) is 0 Å². The minimum absolute atomic E-state index is 0.0202. The third-order valence-corrected chi connectivity index (χ3v) is 10.5. The maximum absolute atomic E-state index is 9.56. The van der Waals surface area contributed by atoms with E-state index in [1.54, 1.807) is 17.4 Å². The Balaban J connectivity index is 1.17. The standard InChI is InChI=1S/C45H25N3O2S/c1-2-10-26(11-3-1)43-46-44(48-45(47-43)36-17-9-16-35-33-13-5-7-19-40(33)51-42(35)36)28-21-23-32-34-15-8-14-29(41(34)50-39(32)25-28)27-20-22-31-30-12-4-6-18-37(30)49-38(31)24-27/h1-25H/i8D,14D,15D,21D,23D,25D. The van der Waals surface area contributed by atoms with Crippen molar-refractivity contribution in [1.29, 1.82) is 0 Å². The number of benzene rings is 7. The summed E-state index contributed by atoms with van der Waals surface area (Å²) in [5, 5.41) is 4.12. The Morgan fingerprint density at radius 3 is 2.16 bits per heavy atom. The van der Waals surface area contributed by atoms with E-state index >= 15 is 0 Å². The first kappa shape index (κ1) is 22.9. The molecule has 0 amide bonds. The van der Waals surface area contributed by atoms with Gasteiger partial charge in [-0.25, -0.2) is 15.0 Å². The Morgan fingerprint density at radius 1 is 0.471 bits per heavy atom. The number of rotatable bonds is 4. The number of furan rings is 2. The number of nitrogens with zero attached hydrogens (tertiary/aromatic N) is 3. The van der Waals surface area contributed by atoms with Crippen molar-refractivity contribution < 1.29 is 17.1 Å². The smallest absolute Gasteiger partial charge is 0.165 e. The lowest BCUT2D eigenvalue weighted by atomic mass is 10.0. The van der Waals surface area contributed by atoms with Crippen molar-refractivity contribution in [3.8, 4) is 45.3 Å². The summed E-state index contributed by atoms with van der Waals surface area (Å²) in [6.07, 6.45) is 0. The molecule has 0 fully saturated rings. The summed E-state index contributed by atoms with van der Waals surface area (Å²) in [6.45, 7) is 0. The van der Waals surface area contributed by atoms with Crippen LogP contribution >= 0.6 is 11.3 Å². The highest BCUT2D eigenvalue weighted by Gasteiger charge is 2.19. The van der Waals surface area contributed by atoms with Gasteiger partial charge in [-0.15, -0.1) is 11.3 Å². The molecule has 0 spiro atoms. The molecule has 6 heteroatoms. The molecule has 0 bridgehead atoms. The van der Waals surface area contributed by atoms with Gasteiger partial charge in [-0.3, -0.25) is 0 Å². The summed E-state index contributed by atoms with van der Waals surface area (Å²) >= 11 is 1.63. The van der Waals surface area contributed by atoms with E-state index in [9.17, 15) is 4.11 Å². The van der Waals surface area contributed by atoms with Crippen molar-refractivity contribution >= 4 is 75.4 Å². The molecular formula is C45H25N3O2S. The lowest BCUT2D eigenvalue weighted by molar-refractivity contribution is 0.668. The third kappa shape index (κ3) is 4.43. The Morgan fingerprint density at radius 2 is 1.24 bits per heavy atom. The normalized spacial score (nSPS) is 13.6. The summed E-state index contributed by atoms with van der Waals surface area (Å²) < 4.78 is 69.8. The van der Waals surface area contributed by atoms with Gasteiger partial charge < -0.3 is 8.83 Å². The Labute approximate surface area is 303 Å². The summed E-state index contributed by atoms with van der Waals surface area (Å²) in [5.41, 5.74) is 3.45. The largest absolute Gasteiger partial charge is 0.456 e. The summed E-state index contributed by atoms with van der Waals surface area (Å²) in [4.78, 5) is 14.7. The second-order valence-corrected chi connectivity index (χ2v) is 13.3. The van der Waals surface area contributed by atoms with Crippen LogP contribution in [0.2, 0.25) is 0 Å². The van der Waals surface area contributed by atoms with Crippen LogP contribution in [0.25, 0.3) is 109 Å². The van der Waals surface area contributed by atoms with Gasteiger partial charge in [0.05, 0.1) is 8.22 Å². The molecule has 5 nitrogen and oxygen atoms in total. The van der Waals surface area contributed by atoms with Crippen LogP contribution in [0.1, 0.15) is 8.22 Å². The fourth-order valence-corrected chi connectivity index (χ4v) is 8.07. The van der Waals surface area contributed by atoms with Crippen LogP contribution in [0.5, 0.6) is 0 Å². The number of hydrogen-bond donors (Lipinski definition) is 0. The molecule has 0 aliphatic carbocycles. The van der Waals surface area contributed by atoms with Gasteiger partial charge in [0.1, 0.15) is 22.3 Å². The first-order valence-corrected chi connectivity index (χ1v) is 17.2. The number of thiophene rings is 1. The van der Waals surface area contributed by atoms with Crippen LogP contribution in [-0.4, -0.2) is 15.0 Å². The van der Waals surface area contributed by atoms with Gasteiger partial charge in [0.15, 0.2) is 17.5 Å². The van der Waals surface area contributed by atoms with Gasteiger partial charge in [-0.2, -0.15) is 0 Å². The first-order valence-electron chi connectivity index (χ1n) is 19.4. The zero-order valence-electron chi connectivity index (χ0n) is 32.5. The van der Waals surface area contributed by atoms with E-state index in [1.807, 2.05) is 91.0 Å². The van der Waals surface area contributed by atoms with Gasteiger partial charge >= 0.3 is 0 Å². The van der Waals surface area contributed by atoms with Gasteiger partial charge in [-0.05, 0) is 48.0 Å². The van der Waals surface area contributed by atoms with Crippen molar-refractivity contribution in [3.63, 3.8) is 0 Å². The minimum atomic E-state index is -0.364. The van der Waals surface area contributed by atoms with Gasteiger partial charge in [0.25, 0.3) is 0 Å². The van der Waals surface area contributed by atoms with Crippen LogP contribution in [0.15, 0.2) is 160 Å². The van der Waals surface area contributed by atoms with E-state index in [2.05, 4.69) is 18.2 Å². The molecule has 11 rings (SSSR count). The van der Waals surface area contributed by atoms with E-state index < -0.39 is 0 Å². The second-order valence-electron chi connectivity index (χ2n) is 12.3. The van der Waals surface area contributed by atoms with Crippen LogP contribution in [0.3, 0.4) is 0 Å². The molecule has 11 aromatic rings. The molecule has 0 unspecified atom stereocenters. The quantitative estimate of drug-likeness (QED) is 0.185. The SMILES string of the molecule is [2H]c1c([2H])c([2H])c2c(oc3c([2H])c(-c4nc(-c5ccccc5)nc(-c5cccc6c5sc5ccccc56)n4)c([2H])c([2H])c32)c1-c1ccc2c(c1)oc1ccccc12. The molecule has 4 heterocycles. The number of fused-ring (bicyclic) bond motifs is 9. The first-order chi connectivity index (χ1) is 27.8. The second kappa shape index (κ2) is 10.9. The van der Waals surface area contributed by atoms with E-state index in [-0.39, 0.29) is 75.1 Å². The average Bonchev–Trinajstić information content (AvgIpc) is 3.94. The van der Waals surface area contributed by atoms with Crippen molar-refractivity contribution in [3.05, 3.63) is 152 Å². The molecule has 0 saturated heterocycles. The molecule has 0 aliphatic rings. The molecule has 0 radical (unpaired) electrons. The highest BCUT2D eigenvalue weighted by atomic mass is 32.1. The van der Waals surface area contributed by atoms with E-state index in [0.717, 1.165) is 36.5 Å². The van der Waals surface area contributed by atoms with Crippen LogP contribution in [-0.2, 0) is 0 Å². The predicted octanol–water partition coefficient (Wildman–Crippen LogP) is 12.7. The van der Waals surface area contributed by atoms with Crippen LogP contribution in [0.4, 0.5) is 0 Å². The summed E-state index contributed by atoms with van der Waals surface area (Å²) in [6, 6.07) is 34.9. The Bertz CT molecular complexity index is 3510. The highest BCUT2D eigenvalue weighted by Crippen LogP contribution is 2.41. The maximum Gasteiger partial charge on any atom is 0.165 e. The average molecular weight is 678 g/mol. The zero-order chi connectivity index (χ0) is 38.7. The van der Waals surface area contributed by atoms with Gasteiger partial charge in [0.2, 0.25) is 0 Å². The van der Waals surface area contributed by atoms with Crippen molar-refractivity contribution in [2.45, 2.75) is 0 Å². The molecule has 4 aromatic heterocycles. The lowest BCUT2D eigenvalue weighted by Crippen LogP contribution is -2.00. The lowest BCUT2D eigenvalue weighted by Gasteiger charge is -2.09. The minimum Gasteiger partial charge on any atom is -0.456 e. The molecule has 238 valence electrons. The zero-order valence-corrected chi connectivity index (χ0v) is 27.4. The number of aromatic nitrogens is 3. The van der Waals surface area contributed by atoms with Gasteiger partial charge in [0, 0.05) is 64.0 Å². The highest BCUT2D eigenvalue weighted by molar-refractivity contribution is 7.26. The van der Waals surface area contributed by atoms with Crippen LogP contribution in [0, 0.1) is 0 Å². The topological polar surface area (TPSA) is 65.0 Å². The molecule has 0 aliphatic heterocycles. The fourth-order valence-electron chi connectivity index (χ4n) is 6.86. The summed E-state index contributed by atoms with van der Waals surface area (Å²) in [7, 11) is 0. The third-order valence-electron chi connectivity index (χ3n) is 9.26. The monoisotopic (exact) mass is 677 g/mol. The predicted molar refractivity (Wildman–Crippen MR) is 209 cm³/mol. The van der Waals surface area contributed by atoms with Gasteiger partial charge in [-0.1, -0.05) is 109 Å². The molecule has 51 heavy (non-hydrogen) atoms. The van der Waals surface area contributed by atoms with E-state index in [4.69, 9.17) is 27.9 Å². The Kier molecular flexibility index (Phi) is 4.91.